The maximum atomic E-state index is 5.50. The van der Waals surface area contributed by atoms with Crippen molar-refractivity contribution in [2.45, 2.75) is 25.8 Å². The van der Waals surface area contributed by atoms with E-state index in [1.54, 1.807) is 7.11 Å². The molecule has 1 N–H and O–H groups in total. The van der Waals surface area contributed by atoms with Crippen molar-refractivity contribution in [3.63, 3.8) is 0 Å². The maximum absolute atomic E-state index is 5.50. The molecule has 0 bridgehead atoms. The zero-order chi connectivity index (χ0) is 16.2. The summed E-state index contributed by atoms with van der Waals surface area (Å²) in [6.07, 6.45) is 5.77. The molecule has 1 saturated heterocycles. The number of aryl methyl sites for hydroxylation is 2. The molecule has 3 heterocycles. The van der Waals surface area contributed by atoms with Crippen molar-refractivity contribution in [2.75, 3.05) is 25.6 Å². The SMILES string of the molecule is COc1cc(C)nc(NC(c2nccn2C)C2CCOCC2)n1. The Morgan fingerprint density at radius 3 is 2.78 bits per heavy atom. The highest BCUT2D eigenvalue weighted by Crippen LogP contribution is 2.31. The average Bonchev–Trinajstić information content (AvgIpc) is 2.98. The van der Waals surface area contributed by atoms with Crippen LogP contribution in [0.4, 0.5) is 5.95 Å². The van der Waals surface area contributed by atoms with E-state index in [0.717, 1.165) is 37.6 Å². The fourth-order valence-electron chi connectivity index (χ4n) is 2.97. The van der Waals surface area contributed by atoms with Gasteiger partial charge in [-0.2, -0.15) is 4.98 Å². The minimum Gasteiger partial charge on any atom is -0.481 e. The van der Waals surface area contributed by atoms with Crippen molar-refractivity contribution < 1.29 is 9.47 Å². The molecule has 23 heavy (non-hydrogen) atoms. The first-order valence-electron chi connectivity index (χ1n) is 7.88. The van der Waals surface area contributed by atoms with Crippen molar-refractivity contribution in [3.05, 3.63) is 30.0 Å². The normalized spacial score (nSPS) is 17.0. The lowest BCUT2D eigenvalue weighted by molar-refractivity contribution is 0.0593. The maximum Gasteiger partial charge on any atom is 0.226 e. The van der Waals surface area contributed by atoms with Crippen LogP contribution < -0.4 is 10.1 Å². The third kappa shape index (κ3) is 3.61. The summed E-state index contributed by atoms with van der Waals surface area (Å²) in [5.41, 5.74) is 0.866. The molecule has 0 amide bonds. The van der Waals surface area contributed by atoms with Crippen LogP contribution in [0.15, 0.2) is 18.5 Å². The van der Waals surface area contributed by atoms with E-state index in [-0.39, 0.29) is 6.04 Å². The molecule has 0 aromatic carbocycles. The number of hydrogen-bond donors (Lipinski definition) is 1. The van der Waals surface area contributed by atoms with Gasteiger partial charge in [0.15, 0.2) is 0 Å². The highest BCUT2D eigenvalue weighted by atomic mass is 16.5. The first-order chi connectivity index (χ1) is 11.2. The monoisotopic (exact) mass is 317 g/mol. The molecule has 2 aromatic rings. The molecule has 1 unspecified atom stereocenters. The predicted molar refractivity (Wildman–Crippen MR) is 86.4 cm³/mol. The van der Waals surface area contributed by atoms with E-state index >= 15 is 0 Å². The molecule has 0 radical (unpaired) electrons. The molecular weight excluding hydrogens is 294 g/mol. The van der Waals surface area contributed by atoms with Gasteiger partial charge in [0.25, 0.3) is 0 Å². The molecule has 0 aliphatic carbocycles. The average molecular weight is 317 g/mol. The minimum atomic E-state index is 0.0467. The number of nitrogens with zero attached hydrogens (tertiary/aromatic N) is 4. The van der Waals surface area contributed by atoms with Crippen LogP contribution in [0.3, 0.4) is 0 Å². The molecule has 1 aliphatic heterocycles. The number of imidazole rings is 1. The zero-order valence-corrected chi connectivity index (χ0v) is 13.8. The Balaban J connectivity index is 1.89. The summed E-state index contributed by atoms with van der Waals surface area (Å²) in [6, 6.07) is 1.86. The van der Waals surface area contributed by atoms with Gasteiger partial charge in [0.05, 0.1) is 13.2 Å². The first kappa shape index (κ1) is 15.7. The van der Waals surface area contributed by atoms with E-state index < -0.39 is 0 Å². The number of methoxy groups -OCH3 is 1. The van der Waals surface area contributed by atoms with E-state index in [2.05, 4.69) is 20.3 Å². The standard InChI is InChI=1S/C16H23N5O2/c1-11-10-13(22-3)19-16(18-11)20-14(12-4-8-23-9-5-12)15-17-6-7-21(15)2/h6-7,10,12,14H,4-5,8-9H2,1-3H3,(H,18,19,20). The third-order valence-corrected chi connectivity index (χ3v) is 4.20. The lowest BCUT2D eigenvalue weighted by atomic mass is 9.91. The van der Waals surface area contributed by atoms with Crippen molar-refractivity contribution in [3.8, 4) is 5.88 Å². The largest absolute Gasteiger partial charge is 0.481 e. The van der Waals surface area contributed by atoms with E-state index in [4.69, 9.17) is 9.47 Å². The highest BCUT2D eigenvalue weighted by Gasteiger charge is 2.29. The summed E-state index contributed by atoms with van der Waals surface area (Å²) >= 11 is 0. The Labute approximate surface area is 136 Å². The minimum absolute atomic E-state index is 0.0467. The number of rotatable bonds is 5. The molecule has 1 aliphatic rings. The van der Waals surface area contributed by atoms with Gasteiger partial charge in [0.1, 0.15) is 5.82 Å². The van der Waals surface area contributed by atoms with Crippen molar-refractivity contribution in [1.29, 1.82) is 0 Å². The van der Waals surface area contributed by atoms with Crippen LogP contribution in [0.25, 0.3) is 0 Å². The van der Waals surface area contributed by atoms with Gasteiger partial charge >= 0.3 is 0 Å². The Morgan fingerprint density at radius 1 is 1.35 bits per heavy atom. The van der Waals surface area contributed by atoms with Crippen LogP contribution in [-0.2, 0) is 11.8 Å². The Bertz CT molecular complexity index is 652. The van der Waals surface area contributed by atoms with Crippen LogP contribution in [-0.4, -0.2) is 39.8 Å². The summed E-state index contributed by atoms with van der Waals surface area (Å²) < 4.78 is 12.8. The number of anilines is 1. The van der Waals surface area contributed by atoms with Crippen LogP contribution in [0.5, 0.6) is 5.88 Å². The quantitative estimate of drug-likeness (QED) is 0.910. The van der Waals surface area contributed by atoms with Gasteiger partial charge in [-0.25, -0.2) is 9.97 Å². The van der Waals surface area contributed by atoms with Crippen LogP contribution in [0.2, 0.25) is 0 Å². The molecule has 7 nitrogen and oxygen atoms in total. The first-order valence-corrected chi connectivity index (χ1v) is 7.88. The Hall–Kier alpha value is -2.15. The van der Waals surface area contributed by atoms with Gasteiger partial charge in [0, 0.05) is 44.4 Å². The zero-order valence-electron chi connectivity index (χ0n) is 13.8. The van der Waals surface area contributed by atoms with Gasteiger partial charge < -0.3 is 19.4 Å². The number of ether oxygens (including phenoxy) is 2. The second-order valence-electron chi connectivity index (χ2n) is 5.84. The van der Waals surface area contributed by atoms with E-state index in [0.29, 0.717) is 17.7 Å². The molecule has 7 heteroatoms. The summed E-state index contributed by atoms with van der Waals surface area (Å²) in [5.74, 6) is 2.55. The molecule has 1 fully saturated rings. The molecule has 1 atom stereocenters. The summed E-state index contributed by atoms with van der Waals surface area (Å²) in [6.45, 7) is 3.50. The highest BCUT2D eigenvalue weighted by molar-refractivity contribution is 5.33. The second kappa shape index (κ2) is 6.95. The fourth-order valence-corrected chi connectivity index (χ4v) is 2.97. The number of nitrogens with one attached hydrogen (secondary N) is 1. The smallest absolute Gasteiger partial charge is 0.226 e. The molecular formula is C16H23N5O2. The third-order valence-electron chi connectivity index (χ3n) is 4.20. The Morgan fingerprint density at radius 2 is 2.13 bits per heavy atom. The van der Waals surface area contributed by atoms with Crippen molar-refractivity contribution in [1.82, 2.24) is 19.5 Å². The molecule has 0 saturated carbocycles. The van der Waals surface area contributed by atoms with Crippen molar-refractivity contribution in [2.24, 2.45) is 13.0 Å². The molecule has 124 valence electrons. The molecule has 3 rings (SSSR count). The summed E-state index contributed by atoms with van der Waals surface area (Å²) in [4.78, 5) is 13.4. The number of hydrogen-bond acceptors (Lipinski definition) is 6. The lowest BCUT2D eigenvalue weighted by Crippen LogP contribution is -2.29. The van der Waals surface area contributed by atoms with Crippen LogP contribution in [0, 0.1) is 12.8 Å². The fraction of sp³-hybridized carbons (Fsp3) is 0.562. The van der Waals surface area contributed by atoms with E-state index in [1.165, 1.54) is 0 Å². The molecule has 2 aromatic heterocycles. The molecule has 0 spiro atoms. The topological polar surface area (TPSA) is 74.1 Å². The van der Waals surface area contributed by atoms with Gasteiger partial charge in [-0.15, -0.1) is 0 Å². The van der Waals surface area contributed by atoms with Crippen LogP contribution >= 0.6 is 0 Å². The second-order valence-corrected chi connectivity index (χ2v) is 5.84. The summed E-state index contributed by atoms with van der Waals surface area (Å²) in [5, 5.41) is 3.47. The van der Waals surface area contributed by atoms with Gasteiger partial charge in [-0.05, 0) is 25.7 Å². The van der Waals surface area contributed by atoms with Crippen molar-refractivity contribution >= 4 is 5.95 Å². The van der Waals surface area contributed by atoms with Gasteiger partial charge in [-0.3, -0.25) is 0 Å². The summed E-state index contributed by atoms with van der Waals surface area (Å²) in [7, 11) is 3.62. The predicted octanol–water partition coefficient (Wildman–Crippen LogP) is 2.11. The van der Waals surface area contributed by atoms with Crippen LogP contribution in [0.1, 0.15) is 30.4 Å². The lowest BCUT2D eigenvalue weighted by Gasteiger charge is -2.30. The number of aromatic nitrogens is 4. The van der Waals surface area contributed by atoms with E-state index in [9.17, 15) is 0 Å². The van der Waals surface area contributed by atoms with Gasteiger partial charge in [-0.1, -0.05) is 0 Å². The van der Waals surface area contributed by atoms with E-state index in [1.807, 2.05) is 37.0 Å². The van der Waals surface area contributed by atoms with Gasteiger partial charge in [0.2, 0.25) is 11.8 Å². The Kier molecular flexibility index (Phi) is 4.76.